The molecule has 0 fully saturated rings. The first kappa shape index (κ1) is 19.7. The molecule has 0 aliphatic rings. The Morgan fingerprint density at radius 3 is 2.59 bits per heavy atom. The second-order valence-corrected chi connectivity index (χ2v) is 6.36. The minimum absolute atomic E-state index is 0.103. The molecule has 0 aliphatic heterocycles. The fourth-order valence-electron chi connectivity index (χ4n) is 2.66. The van der Waals surface area contributed by atoms with E-state index in [9.17, 15) is 24.5 Å². The largest absolute Gasteiger partial charge is 0.450 e. The van der Waals surface area contributed by atoms with Crippen molar-refractivity contribution >= 4 is 34.2 Å². The number of non-ortho nitro benzene ring substituents is 1. The number of nitrogens with zero attached hydrogens (tertiary/aromatic N) is 1. The van der Waals surface area contributed by atoms with Crippen LogP contribution in [0.3, 0.4) is 0 Å². The Morgan fingerprint density at radius 2 is 1.90 bits per heavy atom. The van der Waals surface area contributed by atoms with Crippen molar-refractivity contribution in [3.63, 3.8) is 0 Å². The van der Waals surface area contributed by atoms with E-state index in [1.807, 2.05) is 6.92 Å². The summed E-state index contributed by atoms with van der Waals surface area (Å²) >= 11 is 0. The van der Waals surface area contributed by atoms with Crippen molar-refractivity contribution in [3.05, 3.63) is 79.7 Å². The van der Waals surface area contributed by atoms with Gasteiger partial charge in [-0.3, -0.25) is 19.7 Å². The number of amides is 1. The number of ether oxygens (including phenoxy) is 1. The number of carbonyl (C=O) groups excluding carboxylic acids is 2. The van der Waals surface area contributed by atoms with Crippen molar-refractivity contribution in [2.75, 3.05) is 11.9 Å². The number of hydrogen-bond acceptors (Lipinski definition) is 7. The molecule has 2 aromatic carbocycles. The molecule has 1 amide bonds. The zero-order valence-electron chi connectivity index (χ0n) is 15.6. The molecule has 0 saturated heterocycles. The number of anilines is 1. The van der Waals surface area contributed by atoms with E-state index in [-0.39, 0.29) is 17.0 Å². The van der Waals surface area contributed by atoms with Gasteiger partial charge in [-0.05, 0) is 37.6 Å². The highest BCUT2D eigenvalue weighted by atomic mass is 16.6. The van der Waals surface area contributed by atoms with Gasteiger partial charge in [-0.15, -0.1) is 0 Å². The normalized spacial score (nSPS) is 10.6. The van der Waals surface area contributed by atoms with E-state index in [1.54, 1.807) is 25.1 Å². The van der Waals surface area contributed by atoms with Gasteiger partial charge in [0, 0.05) is 23.9 Å². The number of hydrogen-bond donors (Lipinski definition) is 1. The Bertz CT molecular complexity index is 1200. The minimum Gasteiger partial charge on any atom is -0.450 e. The molecule has 148 valence electrons. The van der Waals surface area contributed by atoms with Gasteiger partial charge in [0.2, 0.25) is 5.76 Å². The van der Waals surface area contributed by atoms with Gasteiger partial charge in [-0.2, -0.15) is 0 Å². The van der Waals surface area contributed by atoms with Gasteiger partial charge in [-0.1, -0.05) is 11.6 Å². The minimum atomic E-state index is -0.958. The number of nitro groups is 1. The molecule has 9 heteroatoms. The first-order valence-electron chi connectivity index (χ1n) is 8.51. The highest BCUT2D eigenvalue weighted by Crippen LogP contribution is 2.21. The zero-order valence-corrected chi connectivity index (χ0v) is 15.6. The van der Waals surface area contributed by atoms with E-state index in [1.165, 1.54) is 18.2 Å². The molecule has 3 aromatic rings. The van der Waals surface area contributed by atoms with Crippen LogP contribution >= 0.6 is 0 Å². The molecule has 0 atom stereocenters. The first-order valence-corrected chi connectivity index (χ1v) is 8.51. The molecule has 9 nitrogen and oxygen atoms in total. The lowest BCUT2D eigenvalue weighted by atomic mass is 10.1. The average molecular weight is 396 g/mol. The first-order chi connectivity index (χ1) is 13.7. The summed E-state index contributed by atoms with van der Waals surface area (Å²) in [6.45, 7) is 2.80. The van der Waals surface area contributed by atoms with E-state index in [0.29, 0.717) is 16.6 Å². The molecule has 0 saturated carbocycles. The molecule has 3 rings (SSSR count). The van der Waals surface area contributed by atoms with Crippen molar-refractivity contribution < 1.29 is 23.7 Å². The maximum Gasteiger partial charge on any atom is 0.374 e. The van der Waals surface area contributed by atoms with Gasteiger partial charge < -0.3 is 14.5 Å². The highest BCUT2D eigenvalue weighted by Gasteiger charge is 2.16. The van der Waals surface area contributed by atoms with Crippen molar-refractivity contribution in [1.82, 2.24) is 0 Å². The maximum absolute atomic E-state index is 12.2. The summed E-state index contributed by atoms with van der Waals surface area (Å²) in [6.07, 6.45) is 0. The average Bonchev–Trinajstić information content (AvgIpc) is 2.68. The standard InChI is InChI=1S/C20H16N2O7/c1-11-3-6-17-14(7-11)16(23)9-18(29-17)20(25)28-10-19(24)21-15-5-4-13(22(26)27)8-12(15)2/h3-9H,10H2,1-2H3,(H,21,24). The molecular weight excluding hydrogens is 380 g/mol. The maximum atomic E-state index is 12.2. The van der Waals surface area contributed by atoms with Crippen LogP contribution in [0.4, 0.5) is 11.4 Å². The second-order valence-electron chi connectivity index (χ2n) is 6.36. The number of benzene rings is 2. The predicted molar refractivity (Wildman–Crippen MR) is 104 cm³/mol. The highest BCUT2D eigenvalue weighted by molar-refractivity contribution is 5.95. The van der Waals surface area contributed by atoms with Crippen molar-refractivity contribution in [2.45, 2.75) is 13.8 Å². The summed E-state index contributed by atoms with van der Waals surface area (Å²) in [5, 5.41) is 13.6. The molecule has 0 unspecified atom stereocenters. The Kier molecular flexibility index (Phi) is 5.40. The molecule has 29 heavy (non-hydrogen) atoms. The second kappa shape index (κ2) is 7.93. The van der Waals surface area contributed by atoms with Crippen LogP contribution in [0.25, 0.3) is 11.0 Å². The van der Waals surface area contributed by atoms with Crippen LogP contribution in [0.1, 0.15) is 21.7 Å². The van der Waals surface area contributed by atoms with Crippen LogP contribution < -0.4 is 10.7 Å². The van der Waals surface area contributed by atoms with E-state index < -0.39 is 28.8 Å². The molecular formula is C20H16N2O7. The zero-order chi connectivity index (χ0) is 21.1. The Balaban J connectivity index is 1.67. The SMILES string of the molecule is Cc1ccc2oc(C(=O)OCC(=O)Nc3ccc([N+](=O)[O-])cc3C)cc(=O)c2c1. The van der Waals surface area contributed by atoms with Gasteiger partial charge >= 0.3 is 5.97 Å². The predicted octanol–water partition coefficient (Wildman–Crippen LogP) is 3.11. The quantitative estimate of drug-likeness (QED) is 0.398. The number of nitro benzene ring substituents is 1. The van der Waals surface area contributed by atoms with Crippen molar-refractivity contribution in [1.29, 1.82) is 0 Å². The Morgan fingerprint density at radius 1 is 1.14 bits per heavy atom. The van der Waals surface area contributed by atoms with E-state index in [0.717, 1.165) is 11.6 Å². The summed E-state index contributed by atoms with van der Waals surface area (Å²) in [6, 6.07) is 9.93. The number of fused-ring (bicyclic) bond motifs is 1. The Labute approximate surface area is 164 Å². The molecule has 0 aliphatic carbocycles. The van der Waals surface area contributed by atoms with Crippen molar-refractivity contribution in [3.8, 4) is 0 Å². The van der Waals surface area contributed by atoms with Crippen LogP contribution in [-0.4, -0.2) is 23.4 Å². The summed E-state index contributed by atoms with van der Waals surface area (Å²) < 4.78 is 10.3. The fourth-order valence-corrected chi connectivity index (χ4v) is 2.66. The van der Waals surface area contributed by atoms with Gasteiger partial charge in [0.15, 0.2) is 12.0 Å². The molecule has 0 bridgehead atoms. The van der Waals surface area contributed by atoms with E-state index in [2.05, 4.69) is 5.32 Å². The lowest BCUT2D eigenvalue weighted by molar-refractivity contribution is -0.384. The summed E-state index contributed by atoms with van der Waals surface area (Å²) in [7, 11) is 0. The van der Waals surface area contributed by atoms with Crippen LogP contribution in [0.15, 0.2) is 51.7 Å². The van der Waals surface area contributed by atoms with Gasteiger partial charge in [0.25, 0.3) is 11.6 Å². The van der Waals surface area contributed by atoms with Crippen LogP contribution in [0.5, 0.6) is 0 Å². The summed E-state index contributed by atoms with van der Waals surface area (Å²) in [5.41, 5.74) is 1.44. The van der Waals surface area contributed by atoms with Gasteiger partial charge in [0.05, 0.1) is 10.3 Å². The van der Waals surface area contributed by atoms with E-state index in [4.69, 9.17) is 9.15 Å². The number of rotatable bonds is 5. The third-order valence-corrected chi connectivity index (χ3v) is 4.11. The van der Waals surface area contributed by atoms with Crippen LogP contribution in [0.2, 0.25) is 0 Å². The number of nitrogens with one attached hydrogen (secondary N) is 1. The monoisotopic (exact) mass is 396 g/mol. The van der Waals surface area contributed by atoms with Crippen molar-refractivity contribution in [2.24, 2.45) is 0 Å². The molecule has 0 spiro atoms. The molecule has 0 radical (unpaired) electrons. The van der Waals surface area contributed by atoms with Crippen LogP contribution in [-0.2, 0) is 9.53 Å². The number of esters is 1. The summed E-state index contributed by atoms with van der Waals surface area (Å²) in [4.78, 5) is 46.5. The topological polar surface area (TPSA) is 129 Å². The van der Waals surface area contributed by atoms with Gasteiger partial charge in [-0.25, -0.2) is 4.79 Å². The fraction of sp³-hybridized carbons (Fsp3) is 0.150. The number of carbonyl (C=O) groups is 2. The lowest BCUT2D eigenvalue weighted by Crippen LogP contribution is -2.22. The Hall–Kier alpha value is -4.01. The lowest BCUT2D eigenvalue weighted by Gasteiger charge is -2.09. The molecule has 1 aromatic heterocycles. The summed E-state index contributed by atoms with van der Waals surface area (Å²) in [5.74, 6) is -1.92. The molecule has 1 N–H and O–H groups in total. The molecule has 1 heterocycles. The van der Waals surface area contributed by atoms with Gasteiger partial charge in [0.1, 0.15) is 5.58 Å². The van der Waals surface area contributed by atoms with Crippen LogP contribution in [0, 0.1) is 24.0 Å². The van der Waals surface area contributed by atoms with E-state index >= 15 is 0 Å². The third kappa shape index (κ3) is 4.46. The smallest absolute Gasteiger partial charge is 0.374 e. The number of aryl methyl sites for hydroxylation is 2. The third-order valence-electron chi connectivity index (χ3n) is 4.11.